The zero-order valence-corrected chi connectivity index (χ0v) is 17.1. The number of benzene rings is 2. The third kappa shape index (κ3) is 4.23. The number of rotatable bonds is 6. The first-order chi connectivity index (χ1) is 14.6. The van der Waals surface area contributed by atoms with Gasteiger partial charge in [-0.05, 0) is 41.8 Å². The molecule has 9 heteroatoms. The molecule has 1 amide bonds. The highest BCUT2D eigenvalue weighted by Gasteiger charge is 2.29. The molecule has 1 aliphatic rings. The molecule has 3 aromatic rings. The number of carbonyl (C=O) groups is 1. The highest BCUT2D eigenvalue weighted by atomic mass is 32.2. The lowest BCUT2D eigenvalue weighted by atomic mass is 10.1. The second-order valence-corrected chi connectivity index (χ2v) is 8.36. The van der Waals surface area contributed by atoms with E-state index in [4.69, 9.17) is 9.62 Å². The third-order valence-electron chi connectivity index (χ3n) is 4.41. The summed E-state index contributed by atoms with van der Waals surface area (Å²) in [6.45, 7) is 0. The Morgan fingerprint density at radius 3 is 2.53 bits per heavy atom. The van der Waals surface area contributed by atoms with Crippen molar-refractivity contribution < 1.29 is 23.2 Å². The number of hydroxylamine groups is 1. The summed E-state index contributed by atoms with van der Waals surface area (Å²) in [5.41, 5.74) is 3.00. The fourth-order valence-electron chi connectivity index (χ4n) is 3.01. The Kier molecular flexibility index (Phi) is 6.12. The van der Waals surface area contributed by atoms with E-state index in [-0.39, 0.29) is 10.5 Å². The quantitative estimate of drug-likeness (QED) is 0.304. The first-order valence-corrected chi connectivity index (χ1v) is 10.7. The van der Waals surface area contributed by atoms with Gasteiger partial charge in [0.15, 0.2) is 0 Å². The Morgan fingerprint density at radius 1 is 1.17 bits per heavy atom. The van der Waals surface area contributed by atoms with Crippen LogP contribution in [0, 0.1) is 11.6 Å². The Hall–Kier alpha value is -2.75. The lowest BCUT2D eigenvalue weighted by Gasteiger charge is -2.21. The topological polar surface area (TPSA) is 65.7 Å². The third-order valence-corrected chi connectivity index (χ3v) is 6.83. The maximum absolute atomic E-state index is 14.6. The summed E-state index contributed by atoms with van der Waals surface area (Å²) in [7, 11) is 0. The Bertz CT molecular complexity index is 1070. The summed E-state index contributed by atoms with van der Waals surface area (Å²) in [6, 6.07) is 15.2. The average Bonchev–Trinajstić information content (AvgIpc) is 3.41. The number of allylic oxidation sites excluding steroid dienone is 1. The van der Waals surface area contributed by atoms with Crippen molar-refractivity contribution in [2.75, 3.05) is 5.88 Å². The smallest absolute Gasteiger partial charge is 0.274 e. The molecular formula is C21H16F2N2O3S2. The molecule has 1 aromatic heterocycles. The molecule has 0 atom stereocenters. The van der Waals surface area contributed by atoms with E-state index in [1.165, 1.54) is 17.2 Å². The van der Waals surface area contributed by atoms with Crippen LogP contribution >= 0.6 is 23.7 Å². The molecule has 0 radical (unpaired) electrons. The van der Waals surface area contributed by atoms with Gasteiger partial charge in [-0.1, -0.05) is 42.1 Å². The zero-order valence-electron chi connectivity index (χ0n) is 15.5. The second-order valence-electron chi connectivity index (χ2n) is 6.37. The van der Waals surface area contributed by atoms with Gasteiger partial charge in [-0.2, -0.15) is 0 Å². The molecule has 1 aliphatic heterocycles. The molecule has 2 heterocycles. The van der Waals surface area contributed by atoms with Gasteiger partial charge in [-0.25, -0.2) is 14.3 Å². The number of carbonyl (C=O) groups excluding carboxylic acids is 1. The van der Waals surface area contributed by atoms with Crippen LogP contribution in [0.5, 0.6) is 0 Å². The highest BCUT2D eigenvalue weighted by molar-refractivity contribution is 8.09. The predicted octanol–water partition coefficient (Wildman–Crippen LogP) is 5.30. The van der Waals surface area contributed by atoms with Gasteiger partial charge in [-0.3, -0.25) is 10.0 Å². The molecule has 30 heavy (non-hydrogen) atoms. The highest BCUT2D eigenvalue weighted by Crippen LogP contribution is 2.46. The van der Waals surface area contributed by atoms with Crippen molar-refractivity contribution >= 4 is 34.5 Å². The standard InChI is InChI=1S/C21H16F2N2O3S2/c22-15-10-14(21(26)24-27)11-16(23)19(15)30-25-12-29-20(18-7-4-8-28-18)17(25)9-13-5-2-1-3-6-13/h1-8,10-11,27H,9,12H2,(H,24,26). The molecule has 0 unspecified atom stereocenters. The number of thioether (sulfide) groups is 1. The van der Waals surface area contributed by atoms with Crippen molar-refractivity contribution in [3.05, 3.63) is 95.1 Å². The molecule has 154 valence electrons. The van der Waals surface area contributed by atoms with Crippen molar-refractivity contribution in [1.29, 1.82) is 0 Å². The average molecular weight is 447 g/mol. The van der Waals surface area contributed by atoms with Gasteiger partial charge in [0.1, 0.15) is 22.3 Å². The van der Waals surface area contributed by atoms with Crippen molar-refractivity contribution in [3.8, 4) is 0 Å². The predicted molar refractivity (Wildman–Crippen MR) is 112 cm³/mol. The van der Waals surface area contributed by atoms with Gasteiger partial charge < -0.3 is 8.72 Å². The van der Waals surface area contributed by atoms with Crippen LogP contribution in [0.1, 0.15) is 21.7 Å². The maximum Gasteiger partial charge on any atom is 0.274 e. The number of hydrogen-bond donors (Lipinski definition) is 2. The van der Waals surface area contributed by atoms with E-state index in [1.54, 1.807) is 12.3 Å². The Labute approximate surface area is 179 Å². The van der Waals surface area contributed by atoms with Crippen LogP contribution in [0.15, 0.2) is 75.9 Å². The van der Waals surface area contributed by atoms with Gasteiger partial charge in [0.05, 0.1) is 17.0 Å². The van der Waals surface area contributed by atoms with E-state index < -0.39 is 17.5 Å². The van der Waals surface area contributed by atoms with E-state index in [1.807, 2.05) is 40.7 Å². The number of halogens is 2. The Balaban J connectivity index is 1.67. The van der Waals surface area contributed by atoms with E-state index in [0.29, 0.717) is 18.1 Å². The van der Waals surface area contributed by atoms with Crippen LogP contribution < -0.4 is 5.48 Å². The van der Waals surface area contributed by atoms with E-state index >= 15 is 0 Å². The minimum absolute atomic E-state index is 0.226. The van der Waals surface area contributed by atoms with Gasteiger partial charge in [0.25, 0.3) is 5.91 Å². The number of furan rings is 1. The molecule has 0 saturated heterocycles. The summed E-state index contributed by atoms with van der Waals surface area (Å²) < 4.78 is 36.6. The molecule has 4 rings (SSSR count). The van der Waals surface area contributed by atoms with Crippen LogP contribution in [0.4, 0.5) is 8.78 Å². The summed E-state index contributed by atoms with van der Waals surface area (Å²) in [5.74, 6) is -1.57. The van der Waals surface area contributed by atoms with Crippen molar-refractivity contribution in [2.45, 2.75) is 11.3 Å². The minimum Gasteiger partial charge on any atom is -0.464 e. The second kappa shape index (κ2) is 8.95. The lowest BCUT2D eigenvalue weighted by Crippen LogP contribution is -2.19. The zero-order chi connectivity index (χ0) is 21.1. The van der Waals surface area contributed by atoms with Gasteiger partial charge >= 0.3 is 0 Å². The number of nitrogens with one attached hydrogen (secondary N) is 1. The summed E-state index contributed by atoms with van der Waals surface area (Å²) >= 11 is 2.46. The van der Waals surface area contributed by atoms with E-state index in [2.05, 4.69) is 0 Å². The fraction of sp³-hybridized carbons (Fsp3) is 0.0952. The molecule has 0 fully saturated rings. The number of amides is 1. The fourth-order valence-corrected chi connectivity index (χ4v) is 5.23. The van der Waals surface area contributed by atoms with Crippen molar-refractivity contribution in [3.63, 3.8) is 0 Å². The molecular weight excluding hydrogens is 430 g/mol. The van der Waals surface area contributed by atoms with Crippen molar-refractivity contribution in [1.82, 2.24) is 9.79 Å². The molecule has 0 spiro atoms. The number of nitrogens with zero attached hydrogens (tertiary/aromatic N) is 1. The van der Waals surface area contributed by atoms with E-state index in [0.717, 1.165) is 40.2 Å². The summed E-state index contributed by atoms with van der Waals surface area (Å²) in [4.78, 5) is 12.2. The molecule has 5 nitrogen and oxygen atoms in total. The van der Waals surface area contributed by atoms with Crippen LogP contribution in [0.25, 0.3) is 4.91 Å². The number of hydrogen-bond acceptors (Lipinski definition) is 6. The largest absolute Gasteiger partial charge is 0.464 e. The monoisotopic (exact) mass is 446 g/mol. The maximum atomic E-state index is 14.6. The molecule has 2 N–H and O–H groups in total. The van der Waals surface area contributed by atoms with Crippen LogP contribution in [-0.2, 0) is 6.42 Å². The van der Waals surface area contributed by atoms with Crippen LogP contribution in [0.3, 0.4) is 0 Å². The molecule has 0 bridgehead atoms. The van der Waals surface area contributed by atoms with Crippen LogP contribution in [0.2, 0.25) is 0 Å². The molecule has 0 saturated carbocycles. The molecule has 2 aromatic carbocycles. The van der Waals surface area contributed by atoms with Crippen LogP contribution in [-0.4, -0.2) is 21.3 Å². The minimum atomic E-state index is -0.981. The van der Waals surface area contributed by atoms with Gasteiger partial charge in [0, 0.05) is 17.7 Å². The first-order valence-electron chi connectivity index (χ1n) is 8.89. The molecule has 0 aliphatic carbocycles. The summed E-state index contributed by atoms with van der Waals surface area (Å²) in [5, 5.41) is 8.69. The summed E-state index contributed by atoms with van der Waals surface area (Å²) in [6.07, 6.45) is 2.15. The van der Waals surface area contributed by atoms with Crippen molar-refractivity contribution in [2.24, 2.45) is 0 Å². The van der Waals surface area contributed by atoms with E-state index in [9.17, 15) is 13.6 Å². The Morgan fingerprint density at radius 2 is 1.90 bits per heavy atom. The SMILES string of the molecule is O=C(NO)c1cc(F)c(SN2CSC(c3ccco3)=C2Cc2ccccc2)c(F)c1. The first kappa shape index (κ1) is 20.5. The van der Waals surface area contributed by atoms with Gasteiger partial charge in [0.2, 0.25) is 0 Å². The van der Waals surface area contributed by atoms with Gasteiger partial charge in [-0.15, -0.1) is 0 Å². The lowest BCUT2D eigenvalue weighted by molar-refractivity contribution is 0.0705. The normalized spacial score (nSPS) is 13.8.